The van der Waals surface area contributed by atoms with Crippen LogP contribution in [0.5, 0.6) is 0 Å². The number of allylic oxidation sites excluding steroid dienone is 1. The Hall–Kier alpha value is -3.51. The topological polar surface area (TPSA) is 125 Å². The Kier molecular flexibility index (Phi) is 12.9. The van der Waals surface area contributed by atoms with Crippen LogP contribution in [0.1, 0.15) is 56.6 Å². The summed E-state index contributed by atoms with van der Waals surface area (Å²) in [6.45, 7) is 7.93. The monoisotopic (exact) mass is 769 g/mol. The van der Waals surface area contributed by atoms with Gasteiger partial charge in [0.1, 0.15) is 18.2 Å². The van der Waals surface area contributed by atoms with Crippen LogP contribution in [-0.4, -0.2) is 82.6 Å². The Bertz CT molecular complexity index is 1560. The molecule has 3 aliphatic rings. The summed E-state index contributed by atoms with van der Waals surface area (Å²) < 4.78 is 12.3. The molecule has 2 N–H and O–H groups in total. The second-order valence-corrected chi connectivity index (χ2v) is 14.6. The summed E-state index contributed by atoms with van der Waals surface area (Å²) in [4.78, 5) is 59.0. The molecule has 2 aromatic carbocycles. The van der Waals surface area contributed by atoms with E-state index < -0.39 is 47.5 Å². The average Bonchev–Trinajstić information content (AvgIpc) is 3.71. The Morgan fingerprint density at radius 3 is 2.52 bits per heavy atom. The van der Waals surface area contributed by atoms with Gasteiger partial charge in [0, 0.05) is 30.9 Å². The number of carbonyl (C=O) groups excluding carboxylic acids is 4. The van der Waals surface area contributed by atoms with Crippen LogP contribution in [0.3, 0.4) is 0 Å². The Morgan fingerprint density at radius 1 is 1.10 bits per heavy atom. The van der Waals surface area contributed by atoms with Gasteiger partial charge in [0.2, 0.25) is 11.8 Å². The highest BCUT2D eigenvalue weighted by Gasteiger charge is 2.76. The van der Waals surface area contributed by atoms with Crippen molar-refractivity contribution in [3.05, 3.63) is 90.5 Å². The van der Waals surface area contributed by atoms with E-state index in [1.807, 2.05) is 30.3 Å². The zero-order chi connectivity index (χ0) is 35.8. The summed E-state index contributed by atoms with van der Waals surface area (Å²) in [5.74, 6) is -3.33. The van der Waals surface area contributed by atoms with Crippen molar-refractivity contribution in [2.75, 3.05) is 31.2 Å². The Labute approximate surface area is 306 Å². The third-order valence-corrected chi connectivity index (χ3v) is 11.0. The third-order valence-electron chi connectivity index (χ3n) is 9.84. The number of aliphatic hydroxyl groups is 1. The number of rotatable bonds is 18. The number of esters is 1. The van der Waals surface area contributed by atoms with E-state index in [1.54, 1.807) is 41.3 Å². The number of ether oxygens (including phenoxy) is 2. The number of carbonyl (C=O) groups is 4. The average molecular weight is 771 g/mol. The number of aliphatic hydroxyl groups excluding tert-OH is 1. The first-order valence-electron chi connectivity index (χ1n) is 17.2. The van der Waals surface area contributed by atoms with E-state index in [4.69, 9.17) is 21.1 Å². The molecule has 3 saturated heterocycles. The van der Waals surface area contributed by atoms with Crippen LogP contribution in [0.15, 0.2) is 79.9 Å². The molecular weight excluding hydrogens is 726 g/mol. The molecule has 2 aromatic rings. The predicted octanol–water partition coefficient (Wildman–Crippen LogP) is 5.53. The quantitative estimate of drug-likeness (QED) is 0.0885. The summed E-state index contributed by atoms with van der Waals surface area (Å²) in [7, 11) is 0. The fourth-order valence-electron chi connectivity index (χ4n) is 7.59. The first kappa shape index (κ1) is 37.7. The molecule has 3 amide bonds. The van der Waals surface area contributed by atoms with Gasteiger partial charge in [0.05, 0.1) is 34.7 Å². The van der Waals surface area contributed by atoms with E-state index in [0.717, 1.165) is 18.4 Å². The van der Waals surface area contributed by atoms with Crippen molar-refractivity contribution in [1.82, 2.24) is 10.2 Å². The van der Waals surface area contributed by atoms with Gasteiger partial charge >= 0.3 is 5.97 Å². The van der Waals surface area contributed by atoms with Crippen LogP contribution in [0.25, 0.3) is 0 Å². The number of hydrogen-bond donors (Lipinski definition) is 2. The number of anilines is 1. The number of fused-ring (bicyclic) bond motifs is 1. The normalized spacial score (nSPS) is 25.5. The number of unbranched alkanes of at least 4 members (excludes halogenated alkanes) is 3. The maximum absolute atomic E-state index is 14.8. The van der Waals surface area contributed by atoms with Gasteiger partial charge in [-0.3, -0.25) is 19.2 Å². The second-order valence-electron chi connectivity index (χ2n) is 13.0. The Balaban J connectivity index is 1.47. The number of hydrogen-bond acceptors (Lipinski definition) is 7. The number of benzene rings is 2. The highest BCUT2D eigenvalue weighted by atomic mass is 79.9. The lowest BCUT2D eigenvalue weighted by Crippen LogP contribution is -2.57. The molecule has 5 rings (SSSR count). The molecule has 3 aliphatic heterocycles. The molecule has 0 aliphatic carbocycles. The number of amides is 3. The minimum Gasteiger partial charge on any atom is -0.463 e. The molecule has 268 valence electrons. The number of likely N-dealkylation sites (tertiary alicyclic amines) is 1. The molecule has 3 fully saturated rings. The van der Waals surface area contributed by atoms with Crippen LogP contribution >= 0.6 is 27.5 Å². The molecule has 50 heavy (non-hydrogen) atoms. The lowest BCUT2D eigenvalue weighted by atomic mass is 9.70. The van der Waals surface area contributed by atoms with Crippen molar-refractivity contribution in [2.45, 2.75) is 73.6 Å². The fourth-order valence-corrected chi connectivity index (χ4v) is 8.77. The lowest BCUT2D eigenvalue weighted by molar-refractivity contribution is -0.145. The van der Waals surface area contributed by atoms with E-state index in [1.165, 1.54) is 4.90 Å². The molecule has 1 unspecified atom stereocenters. The van der Waals surface area contributed by atoms with Gasteiger partial charge < -0.3 is 29.7 Å². The summed E-state index contributed by atoms with van der Waals surface area (Å²) in [6, 6.07) is 14.5. The van der Waals surface area contributed by atoms with Gasteiger partial charge in [0.25, 0.3) is 5.91 Å². The van der Waals surface area contributed by atoms with E-state index in [9.17, 15) is 24.3 Å². The van der Waals surface area contributed by atoms with Crippen molar-refractivity contribution in [2.24, 2.45) is 11.8 Å². The molecule has 1 spiro atoms. The first-order valence-corrected chi connectivity index (χ1v) is 18.5. The van der Waals surface area contributed by atoms with E-state index >= 15 is 0 Å². The molecule has 0 saturated carbocycles. The van der Waals surface area contributed by atoms with Gasteiger partial charge in [-0.2, -0.15) is 0 Å². The number of nitrogens with zero attached hydrogens (tertiary/aromatic N) is 2. The van der Waals surface area contributed by atoms with Crippen LogP contribution < -0.4 is 10.2 Å². The van der Waals surface area contributed by atoms with Gasteiger partial charge in [-0.05, 0) is 43.4 Å². The molecule has 0 radical (unpaired) electrons. The largest absolute Gasteiger partial charge is 0.463 e. The minimum atomic E-state index is -1.28. The Morgan fingerprint density at radius 2 is 1.82 bits per heavy atom. The maximum atomic E-state index is 14.8. The van der Waals surface area contributed by atoms with Gasteiger partial charge in [-0.15, -0.1) is 13.2 Å². The number of alkyl halides is 1. The van der Waals surface area contributed by atoms with Crippen molar-refractivity contribution in [1.29, 1.82) is 0 Å². The third kappa shape index (κ3) is 7.71. The number of halogens is 2. The summed E-state index contributed by atoms with van der Waals surface area (Å²) in [5, 5.41) is 12.7. The van der Waals surface area contributed by atoms with Crippen molar-refractivity contribution < 1.29 is 33.8 Å². The zero-order valence-electron chi connectivity index (χ0n) is 28.1. The van der Waals surface area contributed by atoms with Gasteiger partial charge in [0.15, 0.2) is 0 Å². The predicted molar refractivity (Wildman–Crippen MR) is 195 cm³/mol. The molecule has 10 nitrogen and oxygen atoms in total. The molecule has 12 heteroatoms. The molecular formula is C38H45BrClN3O7. The van der Waals surface area contributed by atoms with Crippen LogP contribution in [-0.2, 0) is 28.7 Å². The lowest BCUT2D eigenvalue weighted by Gasteiger charge is -2.37. The molecule has 0 aromatic heterocycles. The van der Waals surface area contributed by atoms with Crippen LogP contribution in [0.2, 0.25) is 5.02 Å². The highest BCUT2D eigenvalue weighted by Crippen LogP contribution is 2.60. The number of para-hydroxylation sites is 1. The SMILES string of the molecule is C=CCCC(=O)OC[C@H](NC(=O)[C@H]1[C@@H]2O[C@@]3(CC2Br)[C@@H]1C(=O)N(CCCCCCO)[C@@H]3C(=O)N(CC=C)c1ccccc1Cl)c1ccccc1. The van der Waals surface area contributed by atoms with Crippen molar-refractivity contribution in [3.63, 3.8) is 0 Å². The van der Waals surface area contributed by atoms with Crippen LogP contribution in [0.4, 0.5) is 5.69 Å². The van der Waals surface area contributed by atoms with E-state index in [2.05, 4.69) is 34.4 Å². The van der Waals surface area contributed by atoms with Gasteiger partial charge in [-0.25, -0.2) is 0 Å². The van der Waals surface area contributed by atoms with E-state index in [-0.39, 0.29) is 49.4 Å². The first-order chi connectivity index (χ1) is 24.2. The van der Waals surface area contributed by atoms with Gasteiger partial charge in [-0.1, -0.05) is 95.0 Å². The smallest absolute Gasteiger partial charge is 0.306 e. The summed E-state index contributed by atoms with van der Waals surface area (Å²) in [5.41, 5.74) is -0.0540. The fraction of sp³-hybridized carbons (Fsp3) is 0.474. The molecule has 7 atom stereocenters. The summed E-state index contributed by atoms with van der Waals surface area (Å²) in [6.07, 6.45) is 6.35. The summed E-state index contributed by atoms with van der Waals surface area (Å²) >= 11 is 10.3. The standard InChI is InChI=1S/C38H45BrClN3O7/c1-3-5-19-30(45)49-24-28(25-15-9-8-10-16-25)41-35(46)31-32-36(47)43(21-13-6-7-14-22-44)34(38(32)23-26(39)33(31)50-38)37(48)42(20-4-2)29-18-12-11-17-27(29)40/h3-4,8-12,15-18,26,28,31-34,44H,1-2,5-7,13-14,19-24H2,(H,41,46)/t26?,28-,31+,32-,33+,34+,38-/m0/s1. The van der Waals surface area contributed by atoms with E-state index in [0.29, 0.717) is 36.4 Å². The zero-order valence-corrected chi connectivity index (χ0v) is 30.4. The van der Waals surface area contributed by atoms with Crippen LogP contribution in [0, 0.1) is 11.8 Å². The minimum absolute atomic E-state index is 0.0833. The van der Waals surface area contributed by atoms with Crippen molar-refractivity contribution >= 4 is 56.9 Å². The second kappa shape index (κ2) is 17.1. The maximum Gasteiger partial charge on any atom is 0.306 e. The van der Waals surface area contributed by atoms with Crippen molar-refractivity contribution in [3.8, 4) is 0 Å². The number of nitrogens with one attached hydrogen (secondary N) is 1. The molecule has 3 heterocycles. The highest BCUT2D eigenvalue weighted by molar-refractivity contribution is 9.09. The molecule has 2 bridgehead atoms.